The first-order chi connectivity index (χ1) is 14.5. The van der Waals surface area contributed by atoms with Crippen molar-refractivity contribution < 1.29 is 9.90 Å². The second-order valence-electron chi connectivity index (χ2n) is 7.19. The van der Waals surface area contributed by atoms with E-state index in [4.69, 9.17) is 4.98 Å². The highest BCUT2D eigenvalue weighted by Crippen LogP contribution is 2.38. The lowest BCUT2D eigenvalue weighted by molar-refractivity contribution is -0.133. The minimum absolute atomic E-state index is 0.0513. The first-order valence-electron chi connectivity index (χ1n) is 9.70. The van der Waals surface area contributed by atoms with Crippen molar-refractivity contribution in [1.29, 1.82) is 0 Å². The molecule has 0 amide bonds. The molecular formula is C25H22N2O2S. The van der Waals surface area contributed by atoms with Crippen LogP contribution in [0.25, 0.3) is 28.2 Å². The highest BCUT2D eigenvalue weighted by molar-refractivity contribution is 7.99. The molecule has 0 bridgehead atoms. The number of aliphatic carboxylic acids is 1. The van der Waals surface area contributed by atoms with Crippen molar-refractivity contribution in [3.8, 4) is 28.2 Å². The van der Waals surface area contributed by atoms with E-state index in [2.05, 4.69) is 48.7 Å². The number of hydrogen-bond donors (Lipinski definition) is 1. The third kappa shape index (κ3) is 4.16. The minimum atomic E-state index is -0.863. The number of thioether (sulfide) groups is 1. The lowest BCUT2D eigenvalue weighted by Crippen LogP contribution is -2.03. The highest BCUT2D eigenvalue weighted by Gasteiger charge is 2.22. The molecule has 4 rings (SSSR count). The molecule has 1 aromatic heterocycles. The fourth-order valence-electron chi connectivity index (χ4n) is 3.60. The van der Waals surface area contributed by atoms with E-state index in [-0.39, 0.29) is 5.75 Å². The smallest absolute Gasteiger partial charge is 0.313 e. The second-order valence-corrected chi connectivity index (χ2v) is 8.13. The molecule has 0 aliphatic carbocycles. The van der Waals surface area contributed by atoms with Gasteiger partial charge in [0.05, 0.1) is 17.1 Å². The van der Waals surface area contributed by atoms with Gasteiger partial charge in [0.1, 0.15) is 0 Å². The number of aryl methyl sites for hydroxylation is 2. The molecule has 0 saturated carbocycles. The molecule has 150 valence electrons. The summed E-state index contributed by atoms with van der Waals surface area (Å²) < 4.78 is 2.09. The first kappa shape index (κ1) is 20.0. The summed E-state index contributed by atoms with van der Waals surface area (Å²) in [6.45, 7) is 4.13. The summed E-state index contributed by atoms with van der Waals surface area (Å²) in [7, 11) is 0. The average Bonchev–Trinajstić information content (AvgIpc) is 3.12. The Morgan fingerprint density at radius 1 is 0.900 bits per heavy atom. The van der Waals surface area contributed by atoms with Crippen molar-refractivity contribution in [2.24, 2.45) is 0 Å². The lowest BCUT2D eigenvalue weighted by atomic mass is 10.0. The van der Waals surface area contributed by atoms with Crippen LogP contribution in [0.3, 0.4) is 0 Å². The maximum atomic E-state index is 11.3. The molecule has 0 atom stereocenters. The fourth-order valence-corrected chi connectivity index (χ4v) is 4.34. The maximum absolute atomic E-state index is 11.3. The summed E-state index contributed by atoms with van der Waals surface area (Å²) in [5.41, 5.74) is 7.10. The van der Waals surface area contributed by atoms with Crippen molar-refractivity contribution in [1.82, 2.24) is 9.55 Å². The monoisotopic (exact) mass is 414 g/mol. The number of aromatic nitrogens is 2. The molecule has 30 heavy (non-hydrogen) atoms. The molecule has 1 N–H and O–H groups in total. The van der Waals surface area contributed by atoms with E-state index in [1.807, 2.05) is 48.5 Å². The van der Waals surface area contributed by atoms with Gasteiger partial charge in [0.15, 0.2) is 5.16 Å². The van der Waals surface area contributed by atoms with Gasteiger partial charge in [0.25, 0.3) is 0 Å². The first-order valence-corrected chi connectivity index (χ1v) is 10.7. The zero-order valence-electron chi connectivity index (χ0n) is 16.9. The molecule has 3 aromatic carbocycles. The van der Waals surface area contributed by atoms with Gasteiger partial charge >= 0.3 is 5.97 Å². The Morgan fingerprint density at radius 3 is 2.03 bits per heavy atom. The van der Waals surface area contributed by atoms with Gasteiger partial charge in [0.2, 0.25) is 0 Å². The maximum Gasteiger partial charge on any atom is 0.313 e. The van der Waals surface area contributed by atoms with Crippen LogP contribution in [0.5, 0.6) is 0 Å². The van der Waals surface area contributed by atoms with E-state index in [1.165, 1.54) is 11.8 Å². The Kier molecular flexibility index (Phi) is 5.72. The summed E-state index contributed by atoms with van der Waals surface area (Å²) in [5, 5.41) is 9.94. The largest absolute Gasteiger partial charge is 0.481 e. The standard InChI is InChI=1S/C25H22N2O2S/c1-17-13-18(2)15-21(14-17)27-24(20-11-7-4-8-12-20)23(19-9-5-3-6-10-19)26-25(27)30-16-22(28)29/h3-15H,16H2,1-2H3,(H,28,29). The number of rotatable bonds is 6. The van der Waals surface area contributed by atoms with Gasteiger partial charge in [-0.05, 0) is 37.1 Å². The van der Waals surface area contributed by atoms with Crippen molar-refractivity contribution in [3.05, 3.63) is 90.0 Å². The van der Waals surface area contributed by atoms with E-state index in [1.54, 1.807) is 0 Å². The fraction of sp³-hybridized carbons (Fsp3) is 0.120. The summed E-state index contributed by atoms with van der Waals surface area (Å²) in [6, 6.07) is 26.5. The van der Waals surface area contributed by atoms with Crippen LogP contribution in [0.1, 0.15) is 11.1 Å². The molecule has 1 heterocycles. The molecule has 0 saturated heterocycles. The molecule has 0 fully saturated rings. The molecule has 4 nitrogen and oxygen atoms in total. The van der Waals surface area contributed by atoms with Crippen LogP contribution >= 0.6 is 11.8 Å². The van der Waals surface area contributed by atoms with Crippen LogP contribution in [-0.4, -0.2) is 26.4 Å². The van der Waals surface area contributed by atoms with Gasteiger partial charge in [-0.2, -0.15) is 0 Å². The SMILES string of the molecule is Cc1cc(C)cc(-n2c(SCC(=O)O)nc(-c3ccccc3)c2-c2ccccc2)c1. The topological polar surface area (TPSA) is 55.1 Å². The number of carboxylic acids is 1. The Morgan fingerprint density at radius 2 is 1.47 bits per heavy atom. The van der Waals surface area contributed by atoms with Crippen LogP contribution in [0.15, 0.2) is 84.0 Å². The Bertz CT molecular complexity index is 1160. The number of imidazole rings is 1. The van der Waals surface area contributed by atoms with Crippen LogP contribution in [0.4, 0.5) is 0 Å². The van der Waals surface area contributed by atoms with Gasteiger partial charge in [-0.15, -0.1) is 0 Å². The summed E-state index contributed by atoms with van der Waals surface area (Å²) in [5.74, 6) is -0.915. The molecule has 0 radical (unpaired) electrons. The molecule has 0 aliphatic heterocycles. The summed E-state index contributed by atoms with van der Waals surface area (Å²) in [4.78, 5) is 16.2. The molecule has 0 unspecified atom stereocenters. The van der Waals surface area contributed by atoms with Gasteiger partial charge < -0.3 is 5.11 Å². The van der Waals surface area contributed by atoms with E-state index < -0.39 is 5.97 Å². The third-order valence-electron chi connectivity index (χ3n) is 4.73. The number of carbonyl (C=O) groups is 1. The molecule has 0 spiro atoms. The molecule has 5 heteroatoms. The van der Waals surface area contributed by atoms with Gasteiger partial charge in [-0.1, -0.05) is 78.5 Å². The Labute approximate surface area is 180 Å². The van der Waals surface area contributed by atoms with Crippen LogP contribution in [0, 0.1) is 13.8 Å². The zero-order chi connectivity index (χ0) is 21.1. The number of nitrogens with zero attached hydrogens (tertiary/aromatic N) is 2. The van der Waals surface area contributed by atoms with Gasteiger partial charge in [-0.25, -0.2) is 4.98 Å². The van der Waals surface area contributed by atoms with E-state index in [0.717, 1.165) is 39.3 Å². The van der Waals surface area contributed by atoms with Crippen molar-refractivity contribution in [2.75, 3.05) is 5.75 Å². The minimum Gasteiger partial charge on any atom is -0.481 e. The van der Waals surface area contributed by atoms with Crippen LogP contribution in [-0.2, 0) is 4.79 Å². The van der Waals surface area contributed by atoms with E-state index in [0.29, 0.717) is 5.16 Å². The van der Waals surface area contributed by atoms with Gasteiger partial charge in [-0.3, -0.25) is 9.36 Å². The number of hydrogen-bond acceptors (Lipinski definition) is 3. The number of benzene rings is 3. The molecule has 0 aliphatic rings. The van der Waals surface area contributed by atoms with Gasteiger partial charge in [0, 0.05) is 16.8 Å². The van der Waals surface area contributed by atoms with Crippen molar-refractivity contribution in [3.63, 3.8) is 0 Å². The number of carboxylic acid groups (broad SMARTS) is 1. The zero-order valence-corrected chi connectivity index (χ0v) is 17.7. The van der Waals surface area contributed by atoms with Crippen LogP contribution in [0.2, 0.25) is 0 Å². The molecule has 4 aromatic rings. The van der Waals surface area contributed by atoms with Crippen LogP contribution < -0.4 is 0 Å². The normalized spacial score (nSPS) is 10.9. The molecular weight excluding hydrogens is 392 g/mol. The quantitative estimate of drug-likeness (QED) is 0.393. The Balaban J connectivity index is 2.04. The summed E-state index contributed by atoms with van der Waals surface area (Å²) >= 11 is 1.24. The van der Waals surface area contributed by atoms with Crippen molar-refractivity contribution in [2.45, 2.75) is 19.0 Å². The third-order valence-corrected chi connectivity index (χ3v) is 5.65. The Hall–Kier alpha value is -3.31. The van der Waals surface area contributed by atoms with E-state index >= 15 is 0 Å². The summed E-state index contributed by atoms with van der Waals surface area (Å²) in [6.07, 6.45) is 0. The van der Waals surface area contributed by atoms with Crippen molar-refractivity contribution >= 4 is 17.7 Å². The van der Waals surface area contributed by atoms with E-state index in [9.17, 15) is 9.90 Å². The average molecular weight is 415 g/mol. The lowest BCUT2D eigenvalue weighted by Gasteiger charge is -2.14. The predicted molar refractivity (Wildman–Crippen MR) is 122 cm³/mol. The highest BCUT2D eigenvalue weighted by atomic mass is 32.2. The predicted octanol–water partition coefficient (Wildman–Crippen LogP) is 6.00. The second kappa shape index (κ2) is 8.59.